The van der Waals surface area contributed by atoms with Gasteiger partial charge in [-0.2, -0.15) is 0 Å². The average molecular weight is 356 g/mol. The highest BCUT2D eigenvalue weighted by molar-refractivity contribution is 6.05. The number of aliphatic carboxylic acids is 1. The van der Waals surface area contributed by atoms with Gasteiger partial charge >= 0.3 is 0 Å². The number of benzene rings is 1. The van der Waals surface area contributed by atoms with E-state index in [9.17, 15) is 19.8 Å². The zero-order chi connectivity index (χ0) is 18.4. The molecule has 2 fully saturated rings. The molecule has 0 saturated carbocycles. The number of rotatable bonds is 5. The second-order valence-electron chi connectivity index (χ2n) is 7.69. The van der Waals surface area contributed by atoms with Gasteiger partial charge in [-0.05, 0) is 24.5 Å². The van der Waals surface area contributed by atoms with Crippen LogP contribution in [0.15, 0.2) is 30.0 Å². The van der Waals surface area contributed by atoms with Crippen LogP contribution >= 0.6 is 0 Å². The summed E-state index contributed by atoms with van der Waals surface area (Å²) in [6.45, 7) is 4.98. The zero-order valence-electron chi connectivity index (χ0n) is 14.9. The molecule has 0 bridgehead atoms. The summed E-state index contributed by atoms with van der Waals surface area (Å²) < 4.78 is 0. The first-order chi connectivity index (χ1) is 12.5. The summed E-state index contributed by atoms with van der Waals surface area (Å²) in [7, 11) is 0. The molecule has 4 rings (SSSR count). The van der Waals surface area contributed by atoms with E-state index in [1.807, 2.05) is 24.3 Å². The molecule has 1 aromatic rings. The van der Waals surface area contributed by atoms with Crippen molar-refractivity contribution in [2.75, 3.05) is 13.1 Å². The predicted molar refractivity (Wildman–Crippen MR) is 92.4 cm³/mol. The van der Waals surface area contributed by atoms with Crippen molar-refractivity contribution in [2.24, 2.45) is 5.92 Å². The van der Waals surface area contributed by atoms with Gasteiger partial charge in [0.05, 0.1) is 42.8 Å². The normalized spacial score (nSPS) is 26.8. The predicted octanol–water partition coefficient (Wildman–Crippen LogP) is -1.06. The van der Waals surface area contributed by atoms with E-state index in [2.05, 4.69) is 0 Å². The Morgan fingerprint density at radius 3 is 2.54 bits per heavy atom. The lowest BCUT2D eigenvalue weighted by molar-refractivity contribution is -0.901. The first-order valence-electron chi connectivity index (χ1n) is 9.36. The Labute approximate surface area is 152 Å². The van der Waals surface area contributed by atoms with E-state index < -0.39 is 18.0 Å². The first-order valence-corrected chi connectivity index (χ1v) is 9.36. The van der Waals surface area contributed by atoms with Crippen LogP contribution in [-0.2, 0) is 16.1 Å². The lowest BCUT2D eigenvalue weighted by Crippen LogP contribution is -3.08. The van der Waals surface area contributed by atoms with E-state index >= 15 is 0 Å². The number of carboxylic acids is 1. The topological polar surface area (TPSA) is 85.1 Å². The van der Waals surface area contributed by atoms with Gasteiger partial charge in [-0.3, -0.25) is 4.79 Å². The Balaban J connectivity index is 1.58. The summed E-state index contributed by atoms with van der Waals surface area (Å²) in [5.41, 5.74) is 2.65. The molecular formula is C20H24N2O4. The van der Waals surface area contributed by atoms with Crippen LogP contribution in [0.5, 0.6) is 0 Å². The van der Waals surface area contributed by atoms with E-state index in [0.29, 0.717) is 12.0 Å². The fourth-order valence-electron chi connectivity index (χ4n) is 4.68. The smallest absolute Gasteiger partial charge is 0.235 e. The van der Waals surface area contributed by atoms with Crippen LogP contribution in [0.3, 0.4) is 0 Å². The van der Waals surface area contributed by atoms with Crippen LogP contribution in [-0.4, -0.2) is 47.1 Å². The van der Waals surface area contributed by atoms with Crippen molar-refractivity contribution in [3.05, 3.63) is 41.1 Å². The minimum atomic E-state index is -1.33. The second kappa shape index (κ2) is 6.52. The van der Waals surface area contributed by atoms with Gasteiger partial charge in [0.2, 0.25) is 5.91 Å². The van der Waals surface area contributed by atoms with Crippen molar-refractivity contribution in [2.45, 2.75) is 44.9 Å². The second-order valence-corrected chi connectivity index (χ2v) is 7.69. The van der Waals surface area contributed by atoms with Crippen LogP contribution < -0.4 is 10.0 Å². The van der Waals surface area contributed by atoms with E-state index in [-0.39, 0.29) is 17.6 Å². The molecule has 1 aromatic carbocycles. The molecule has 138 valence electrons. The number of aliphatic hydroxyl groups excluding tert-OH is 1. The van der Waals surface area contributed by atoms with Crippen LogP contribution in [0.4, 0.5) is 0 Å². The molecule has 0 aliphatic carbocycles. The molecule has 2 N–H and O–H groups in total. The highest BCUT2D eigenvalue weighted by Crippen LogP contribution is 2.46. The highest BCUT2D eigenvalue weighted by Gasteiger charge is 2.55. The Hall–Kier alpha value is -2.18. The summed E-state index contributed by atoms with van der Waals surface area (Å²) in [5, 5.41) is 21.5. The standard InChI is InChI=1S/C20H24N2O4/c1-12(23)17-16-10-15(18(20(25)26)22(16)19(17)24)14-6-4-13(5-7-14)11-21-8-2-3-9-21/h4-7,12,16-17,23H,2-3,8-11H2,1H3,(H,25,26)/t12-,16-,17-/m1/s1. The lowest BCUT2D eigenvalue weighted by Gasteiger charge is -2.45. The average Bonchev–Trinajstić information content (AvgIpc) is 3.21. The molecule has 3 atom stereocenters. The number of carbonyl (C=O) groups is 2. The fraction of sp³-hybridized carbons (Fsp3) is 0.500. The summed E-state index contributed by atoms with van der Waals surface area (Å²) in [6.07, 6.45) is 2.23. The number of hydrogen-bond acceptors (Lipinski definition) is 4. The summed E-state index contributed by atoms with van der Waals surface area (Å²) in [5.74, 6) is -2.18. The molecule has 26 heavy (non-hydrogen) atoms. The number of nitrogens with one attached hydrogen (secondary N) is 1. The summed E-state index contributed by atoms with van der Waals surface area (Å²) in [6, 6.07) is 7.70. The molecular weight excluding hydrogens is 332 g/mol. The SMILES string of the molecule is C[C@@H](O)[C@H]1C(=O)N2C(C(=O)[O-])=C(c3ccc(C[NH+]4CCCC4)cc3)C[C@H]12. The molecule has 0 unspecified atom stereocenters. The van der Waals surface area contributed by atoms with E-state index in [0.717, 1.165) is 12.1 Å². The Bertz CT molecular complexity index is 763. The van der Waals surface area contributed by atoms with E-state index in [1.54, 1.807) is 11.8 Å². The van der Waals surface area contributed by atoms with Crippen molar-refractivity contribution in [3.63, 3.8) is 0 Å². The molecule has 3 aliphatic heterocycles. The number of amides is 1. The van der Waals surface area contributed by atoms with Crippen molar-refractivity contribution in [1.82, 2.24) is 4.90 Å². The number of fused-ring (bicyclic) bond motifs is 1. The van der Waals surface area contributed by atoms with Crippen molar-refractivity contribution in [1.29, 1.82) is 0 Å². The van der Waals surface area contributed by atoms with Gasteiger partial charge in [-0.1, -0.05) is 24.3 Å². The number of carboxylic acid groups (broad SMARTS) is 1. The van der Waals surface area contributed by atoms with Crippen molar-refractivity contribution < 1.29 is 24.7 Å². The number of likely N-dealkylation sites (tertiary alicyclic amines) is 1. The first kappa shape index (κ1) is 17.2. The highest BCUT2D eigenvalue weighted by atomic mass is 16.4. The van der Waals surface area contributed by atoms with Gasteiger partial charge in [-0.25, -0.2) is 0 Å². The largest absolute Gasteiger partial charge is 0.543 e. The van der Waals surface area contributed by atoms with Crippen molar-refractivity contribution >= 4 is 17.4 Å². The maximum absolute atomic E-state index is 12.3. The molecule has 0 aromatic heterocycles. The van der Waals surface area contributed by atoms with Crippen LogP contribution in [0, 0.1) is 5.92 Å². The minimum Gasteiger partial charge on any atom is -0.543 e. The number of nitrogens with zero attached hydrogens (tertiary/aromatic N) is 1. The van der Waals surface area contributed by atoms with Crippen molar-refractivity contribution in [3.8, 4) is 0 Å². The van der Waals surface area contributed by atoms with Gasteiger partial charge in [0.15, 0.2) is 0 Å². The molecule has 0 radical (unpaired) electrons. The molecule has 1 amide bonds. The van der Waals surface area contributed by atoms with Gasteiger partial charge < -0.3 is 24.8 Å². The van der Waals surface area contributed by atoms with E-state index in [4.69, 9.17) is 0 Å². The van der Waals surface area contributed by atoms with Gasteiger partial charge in [0.25, 0.3) is 0 Å². The molecule has 3 aliphatic rings. The number of β-lactam (4-membered cyclic amide) rings is 1. The third kappa shape index (κ3) is 2.73. The maximum atomic E-state index is 12.3. The zero-order valence-corrected chi connectivity index (χ0v) is 14.9. The van der Waals surface area contributed by atoms with Gasteiger partial charge in [0, 0.05) is 18.4 Å². The van der Waals surface area contributed by atoms with Crippen LogP contribution in [0.2, 0.25) is 0 Å². The van der Waals surface area contributed by atoms with Gasteiger partial charge in [0.1, 0.15) is 6.54 Å². The Kier molecular flexibility index (Phi) is 4.32. The fourth-order valence-corrected chi connectivity index (χ4v) is 4.68. The molecule has 2 saturated heterocycles. The molecule has 3 heterocycles. The Morgan fingerprint density at radius 2 is 1.96 bits per heavy atom. The van der Waals surface area contributed by atoms with Crippen LogP contribution in [0.25, 0.3) is 5.57 Å². The third-order valence-corrected chi connectivity index (χ3v) is 5.99. The monoisotopic (exact) mass is 356 g/mol. The van der Waals surface area contributed by atoms with Gasteiger partial charge in [-0.15, -0.1) is 0 Å². The molecule has 0 spiro atoms. The number of aliphatic hydroxyl groups is 1. The number of hydrogen-bond donors (Lipinski definition) is 2. The molecule has 6 heteroatoms. The van der Waals surface area contributed by atoms with Crippen LogP contribution in [0.1, 0.15) is 37.3 Å². The summed E-state index contributed by atoms with van der Waals surface area (Å²) in [4.78, 5) is 26.8. The minimum absolute atomic E-state index is 0.0326. The van der Waals surface area contributed by atoms with E-state index in [1.165, 1.54) is 36.4 Å². The molecule has 6 nitrogen and oxygen atoms in total. The quantitative estimate of drug-likeness (QED) is 0.659. The summed E-state index contributed by atoms with van der Waals surface area (Å²) >= 11 is 0. The maximum Gasteiger partial charge on any atom is 0.235 e. The lowest BCUT2D eigenvalue weighted by atomic mass is 9.82. The number of quaternary nitrogens is 1. The number of carbonyl (C=O) groups excluding carboxylic acids is 2. The Morgan fingerprint density at radius 1 is 1.31 bits per heavy atom. The third-order valence-electron chi connectivity index (χ3n) is 5.99.